The average molecular weight is 364 g/mol. The van der Waals surface area contributed by atoms with Crippen LogP contribution in [0.25, 0.3) is 0 Å². The number of hydrogen-bond donors (Lipinski definition) is 0. The van der Waals surface area contributed by atoms with Crippen LogP contribution >= 0.6 is 0 Å². The van der Waals surface area contributed by atoms with E-state index in [1.165, 1.54) is 13.8 Å². The van der Waals surface area contributed by atoms with Gasteiger partial charge in [0.2, 0.25) is 0 Å². The van der Waals surface area contributed by atoms with Crippen molar-refractivity contribution in [3.8, 4) is 0 Å². The normalized spacial score (nSPS) is 45.9. The van der Waals surface area contributed by atoms with E-state index in [-0.39, 0.29) is 41.8 Å². The molecular weight excluding hydrogens is 340 g/mol. The summed E-state index contributed by atoms with van der Waals surface area (Å²) in [4.78, 5) is 35.6. The second kappa shape index (κ2) is 5.55. The van der Waals surface area contributed by atoms with Crippen LogP contribution in [0.15, 0.2) is 11.1 Å². The Bertz CT molecular complexity index is 725. The van der Waals surface area contributed by atoms with Gasteiger partial charge in [0.25, 0.3) is 0 Å². The summed E-state index contributed by atoms with van der Waals surface area (Å²) < 4.78 is 22.8. The van der Waals surface area contributed by atoms with Gasteiger partial charge in [0.05, 0.1) is 11.8 Å². The number of epoxide rings is 1. The predicted molar refractivity (Wildman–Crippen MR) is 87.7 cm³/mol. The summed E-state index contributed by atoms with van der Waals surface area (Å²) in [6.45, 7) is 8.50. The quantitative estimate of drug-likeness (QED) is 0.318. The summed E-state index contributed by atoms with van der Waals surface area (Å²) in [5.41, 5.74) is 1.45. The molecular formula is C19H24O7. The van der Waals surface area contributed by atoms with Crippen molar-refractivity contribution >= 4 is 17.9 Å². The zero-order chi connectivity index (χ0) is 19.0. The van der Waals surface area contributed by atoms with Gasteiger partial charge in [0.1, 0.15) is 23.9 Å². The summed E-state index contributed by atoms with van der Waals surface area (Å²) in [6, 6.07) is 0. The molecule has 0 aromatic carbocycles. The molecule has 2 heterocycles. The van der Waals surface area contributed by atoms with Crippen LogP contribution in [-0.4, -0.2) is 47.9 Å². The molecule has 142 valence electrons. The van der Waals surface area contributed by atoms with E-state index < -0.39 is 23.9 Å². The molecule has 2 saturated heterocycles. The summed E-state index contributed by atoms with van der Waals surface area (Å²) in [7, 11) is 0. The van der Waals surface area contributed by atoms with Crippen molar-refractivity contribution in [1.29, 1.82) is 0 Å². The highest BCUT2D eigenvalue weighted by molar-refractivity contribution is 5.76. The maximum absolute atomic E-state index is 12.3. The molecule has 1 saturated carbocycles. The number of carbonyl (C=O) groups is 3. The Labute approximate surface area is 152 Å². The number of fused-ring (bicyclic) bond motifs is 5. The van der Waals surface area contributed by atoms with Gasteiger partial charge in [-0.1, -0.05) is 12.5 Å². The van der Waals surface area contributed by atoms with Crippen molar-refractivity contribution in [3.05, 3.63) is 11.1 Å². The molecule has 2 aliphatic carbocycles. The van der Waals surface area contributed by atoms with Crippen LogP contribution < -0.4 is 0 Å². The van der Waals surface area contributed by atoms with Gasteiger partial charge in [0.15, 0.2) is 6.10 Å². The third kappa shape index (κ3) is 2.32. The first-order valence-corrected chi connectivity index (χ1v) is 9.07. The highest BCUT2D eigenvalue weighted by Crippen LogP contribution is 2.63. The van der Waals surface area contributed by atoms with E-state index in [1.54, 1.807) is 0 Å². The fourth-order valence-corrected chi connectivity index (χ4v) is 5.29. The first-order chi connectivity index (χ1) is 12.1. The van der Waals surface area contributed by atoms with Crippen LogP contribution in [0, 0.1) is 17.8 Å². The van der Waals surface area contributed by atoms with Gasteiger partial charge in [-0.15, -0.1) is 0 Å². The molecule has 3 fully saturated rings. The largest absolute Gasteiger partial charge is 0.462 e. The average Bonchev–Trinajstić information content (AvgIpc) is 3.06. The zero-order valence-corrected chi connectivity index (χ0v) is 15.6. The van der Waals surface area contributed by atoms with Crippen molar-refractivity contribution in [2.45, 2.75) is 71.1 Å². The van der Waals surface area contributed by atoms with E-state index in [9.17, 15) is 14.4 Å². The molecule has 8 atom stereocenters. The topological polar surface area (TPSA) is 91.4 Å². The smallest absolute Gasteiger partial charge is 0.309 e. The van der Waals surface area contributed by atoms with Crippen LogP contribution in [0.2, 0.25) is 0 Å². The Morgan fingerprint density at radius 2 is 1.85 bits per heavy atom. The predicted octanol–water partition coefficient (Wildman–Crippen LogP) is 1.53. The highest BCUT2D eigenvalue weighted by atomic mass is 16.7. The van der Waals surface area contributed by atoms with E-state index >= 15 is 0 Å². The minimum absolute atomic E-state index is 0.198. The molecule has 0 spiro atoms. The number of carbonyl (C=O) groups excluding carboxylic acids is 3. The van der Waals surface area contributed by atoms with Gasteiger partial charge in [-0.2, -0.15) is 0 Å². The Kier molecular flexibility index (Phi) is 3.74. The molecule has 4 rings (SSSR count). The standard InChI is InChI=1S/C19H24O7/c1-7-6-11(23-9(3)20)13-8(2)18(22)25-15(13)14-12(7)16(24-10(4)21)17-19(14,5)26-17/h8,11,13-17H,6H2,1-5H3/t8-,11-,13-,14?,15+,16+,17-,19+/m1/s1. The Hall–Kier alpha value is -1.89. The van der Waals surface area contributed by atoms with Gasteiger partial charge in [0, 0.05) is 26.2 Å². The molecule has 2 aliphatic heterocycles. The van der Waals surface area contributed by atoms with Crippen LogP contribution in [-0.2, 0) is 33.3 Å². The SMILES string of the molecule is CC(=O)O[C@@H]1CC(C)=C2C([C@H]3OC(=O)[C@H](C)[C@@H]31)[C@]1(C)O[C@@H]1[C@H]2OC(C)=O. The molecule has 0 radical (unpaired) electrons. The van der Waals surface area contributed by atoms with Crippen molar-refractivity contribution in [1.82, 2.24) is 0 Å². The first-order valence-electron chi connectivity index (χ1n) is 9.07. The Morgan fingerprint density at radius 1 is 1.19 bits per heavy atom. The molecule has 0 aromatic heterocycles. The fraction of sp³-hybridized carbons (Fsp3) is 0.737. The minimum Gasteiger partial charge on any atom is -0.462 e. The number of esters is 3. The third-order valence-corrected chi connectivity index (χ3v) is 6.37. The van der Waals surface area contributed by atoms with Crippen LogP contribution in [0.4, 0.5) is 0 Å². The number of hydrogen-bond acceptors (Lipinski definition) is 7. The van der Waals surface area contributed by atoms with Gasteiger partial charge in [-0.25, -0.2) is 0 Å². The first kappa shape index (κ1) is 17.5. The van der Waals surface area contributed by atoms with Gasteiger partial charge in [-0.3, -0.25) is 14.4 Å². The molecule has 4 aliphatic rings. The third-order valence-electron chi connectivity index (χ3n) is 6.37. The second-order valence-corrected chi connectivity index (χ2v) is 8.09. The molecule has 7 nitrogen and oxygen atoms in total. The highest BCUT2D eigenvalue weighted by Gasteiger charge is 2.75. The summed E-state index contributed by atoms with van der Waals surface area (Å²) in [5.74, 6) is -1.85. The monoisotopic (exact) mass is 364 g/mol. The van der Waals surface area contributed by atoms with Crippen LogP contribution in [0.5, 0.6) is 0 Å². The fourth-order valence-electron chi connectivity index (χ4n) is 5.29. The lowest BCUT2D eigenvalue weighted by atomic mass is 9.78. The molecule has 0 aromatic rings. The lowest BCUT2D eigenvalue weighted by Crippen LogP contribution is -2.41. The van der Waals surface area contributed by atoms with E-state index in [2.05, 4.69) is 0 Å². The number of rotatable bonds is 2. The molecule has 0 amide bonds. The van der Waals surface area contributed by atoms with E-state index in [4.69, 9.17) is 18.9 Å². The summed E-state index contributed by atoms with van der Waals surface area (Å²) in [6.07, 6.45) is -1.11. The van der Waals surface area contributed by atoms with Gasteiger partial charge in [-0.05, 0) is 19.4 Å². The van der Waals surface area contributed by atoms with Gasteiger partial charge >= 0.3 is 17.9 Å². The van der Waals surface area contributed by atoms with E-state index in [0.29, 0.717) is 6.42 Å². The summed E-state index contributed by atoms with van der Waals surface area (Å²) >= 11 is 0. The molecule has 0 bridgehead atoms. The maximum Gasteiger partial charge on any atom is 0.309 e. The van der Waals surface area contributed by atoms with Crippen molar-refractivity contribution in [3.63, 3.8) is 0 Å². The minimum atomic E-state index is -0.533. The summed E-state index contributed by atoms with van der Waals surface area (Å²) in [5, 5.41) is 0. The van der Waals surface area contributed by atoms with Crippen molar-refractivity contribution in [2.75, 3.05) is 0 Å². The number of ether oxygens (including phenoxy) is 4. The second-order valence-electron chi connectivity index (χ2n) is 8.09. The Morgan fingerprint density at radius 3 is 2.46 bits per heavy atom. The molecule has 1 unspecified atom stereocenters. The van der Waals surface area contributed by atoms with Gasteiger partial charge < -0.3 is 18.9 Å². The maximum atomic E-state index is 12.3. The zero-order valence-electron chi connectivity index (χ0n) is 15.6. The lowest BCUT2D eigenvalue weighted by Gasteiger charge is -2.31. The van der Waals surface area contributed by atoms with E-state index in [1.807, 2.05) is 20.8 Å². The lowest BCUT2D eigenvalue weighted by molar-refractivity contribution is -0.152. The van der Waals surface area contributed by atoms with Crippen molar-refractivity contribution < 1.29 is 33.3 Å². The Balaban J connectivity index is 1.79. The molecule has 7 heteroatoms. The van der Waals surface area contributed by atoms with Crippen molar-refractivity contribution in [2.24, 2.45) is 17.8 Å². The van der Waals surface area contributed by atoms with Crippen LogP contribution in [0.1, 0.15) is 41.0 Å². The van der Waals surface area contributed by atoms with Crippen LogP contribution in [0.3, 0.4) is 0 Å². The van der Waals surface area contributed by atoms with E-state index in [0.717, 1.165) is 11.1 Å². The molecule has 0 N–H and O–H groups in total. The molecule has 26 heavy (non-hydrogen) atoms.